The van der Waals surface area contributed by atoms with Gasteiger partial charge in [0.15, 0.2) is 0 Å². The maximum absolute atomic E-state index is 10.9. The van der Waals surface area contributed by atoms with Crippen LogP contribution in [-0.4, -0.2) is 28.3 Å². The van der Waals surface area contributed by atoms with Gasteiger partial charge in [-0.2, -0.15) is 0 Å². The van der Waals surface area contributed by atoms with Crippen molar-refractivity contribution in [1.82, 2.24) is 10.4 Å². The lowest BCUT2D eigenvalue weighted by molar-refractivity contribution is 0.0640. The maximum atomic E-state index is 10.9. The van der Waals surface area contributed by atoms with Crippen molar-refractivity contribution in [3.05, 3.63) is 0 Å². The van der Waals surface area contributed by atoms with Crippen molar-refractivity contribution in [3.8, 4) is 0 Å². The van der Waals surface area contributed by atoms with Crippen molar-refractivity contribution in [3.63, 3.8) is 0 Å². The van der Waals surface area contributed by atoms with Gasteiger partial charge in [0.25, 0.3) is 0 Å². The summed E-state index contributed by atoms with van der Waals surface area (Å²) in [6.07, 6.45) is 2.36. The Morgan fingerprint density at radius 3 is 2.29 bits per heavy atom. The van der Waals surface area contributed by atoms with Crippen LogP contribution >= 0.6 is 0 Å². The molecule has 0 atom stereocenters. The fraction of sp³-hybridized carbons (Fsp3) is 0.900. The molecule has 0 aromatic carbocycles. The van der Waals surface area contributed by atoms with E-state index in [-0.39, 0.29) is 0 Å². The van der Waals surface area contributed by atoms with Gasteiger partial charge in [0.1, 0.15) is 0 Å². The summed E-state index contributed by atoms with van der Waals surface area (Å²) in [4.78, 5) is 10.9. The molecule has 84 valence electrons. The maximum Gasteiger partial charge on any atom is 0.422 e. The van der Waals surface area contributed by atoms with E-state index < -0.39 is 11.6 Å². The molecule has 4 heteroatoms. The van der Waals surface area contributed by atoms with Gasteiger partial charge < -0.3 is 5.11 Å². The Balaban J connectivity index is 3.94. The quantitative estimate of drug-likeness (QED) is 0.532. The Bertz CT molecular complexity index is 175. The predicted octanol–water partition coefficient (Wildman–Crippen LogP) is 2.46. The molecule has 0 spiro atoms. The molecule has 0 bridgehead atoms. The Labute approximate surface area is 86.3 Å². The number of unbranched alkanes of at least 4 members (excludes halogenated alkanes) is 2. The second-order valence-electron chi connectivity index (χ2n) is 4.40. The van der Waals surface area contributed by atoms with E-state index in [4.69, 9.17) is 5.11 Å². The van der Waals surface area contributed by atoms with E-state index >= 15 is 0 Å². The molecule has 4 nitrogen and oxygen atoms in total. The van der Waals surface area contributed by atoms with Crippen LogP contribution in [0.25, 0.3) is 0 Å². The Kier molecular flexibility index (Phi) is 5.53. The molecule has 0 fully saturated rings. The van der Waals surface area contributed by atoms with Crippen molar-refractivity contribution in [2.24, 2.45) is 0 Å². The smallest absolute Gasteiger partial charge is 0.422 e. The van der Waals surface area contributed by atoms with Crippen LogP contribution in [0.2, 0.25) is 0 Å². The van der Waals surface area contributed by atoms with Crippen LogP contribution in [0.3, 0.4) is 0 Å². The average molecular weight is 202 g/mol. The molecule has 0 aliphatic rings. The number of amides is 1. The first-order chi connectivity index (χ1) is 6.39. The highest BCUT2D eigenvalue weighted by Gasteiger charge is 2.25. The molecule has 0 aromatic rings. The van der Waals surface area contributed by atoms with Gasteiger partial charge in [-0.25, -0.2) is 15.2 Å². The number of hydrogen-bond acceptors (Lipinski definition) is 2. The second kappa shape index (κ2) is 5.86. The molecule has 1 amide bonds. The van der Waals surface area contributed by atoms with Gasteiger partial charge in [0, 0.05) is 6.54 Å². The lowest BCUT2D eigenvalue weighted by atomic mass is 10.1. The van der Waals surface area contributed by atoms with Crippen molar-refractivity contribution >= 4 is 6.09 Å². The van der Waals surface area contributed by atoms with E-state index in [1.807, 2.05) is 20.8 Å². The fourth-order valence-corrected chi connectivity index (χ4v) is 1.16. The third kappa shape index (κ3) is 5.07. The highest BCUT2D eigenvalue weighted by Crippen LogP contribution is 2.10. The molecule has 0 heterocycles. The largest absolute Gasteiger partial charge is 0.464 e. The molecular formula is C10H22N2O2. The van der Waals surface area contributed by atoms with E-state index in [9.17, 15) is 4.79 Å². The van der Waals surface area contributed by atoms with Crippen molar-refractivity contribution < 1.29 is 9.90 Å². The van der Waals surface area contributed by atoms with E-state index in [2.05, 4.69) is 12.3 Å². The van der Waals surface area contributed by atoms with Crippen molar-refractivity contribution in [1.29, 1.82) is 0 Å². The van der Waals surface area contributed by atoms with Gasteiger partial charge in [-0.3, -0.25) is 0 Å². The summed E-state index contributed by atoms with van der Waals surface area (Å²) >= 11 is 0. The minimum atomic E-state index is -0.922. The zero-order valence-electron chi connectivity index (χ0n) is 9.63. The topological polar surface area (TPSA) is 52.6 Å². The van der Waals surface area contributed by atoms with Gasteiger partial charge in [0.05, 0.1) is 5.54 Å². The van der Waals surface area contributed by atoms with Crippen LogP contribution in [0.15, 0.2) is 0 Å². The standard InChI is InChI=1S/C10H22N2O2/c1-5-6-7-8-11-12(9(13)14)10(2,3)4/h11H,5-8H2,1-4H3,(H,13,14). The molecule has 0 saturated carbocycles. The number of nitrogens with one attached hydrogen (secondary N) is 1. The van der Waals surface area contributed by atoms with Crippen LogP contribution in [0.5, 0.6) is 0 Å². The summed E-state index contributed by atoms with van der Waals surface area (Å²) in [6.45, 7) is 8.45. The lowest BCUT2D eigenvalue weighted by Gasteiger charge is -2.33. The molecule has 0 saturated heterocycles. The number of carboxylic acid groups (broad SMARTS) is 1. The van der Waals surface area contributed by atoms with Crippen LogP contribution in [0.1, 0.15) is 47.0 Å². The first-order valence-electron chi connectivity index (χ1n) is 5.16. The summed E-state index contributed by atoms with van der Waals surface area (Å²) in [6, 6.07) is 0. The first kappa shape index (κ1) is 13.2. The van der Waals surface area contributed by atoms with E-state index in [1.165, 1.54) is 5.01 Å². The second-order valence-corrected chi connectivity index (χ2v) is 4.40. The number of nitrogens with zero attached hydrogens (tertiary/aromatic N) is 1. The molecule has 0 rings (SSSR count). The monoisotopic (exact) mass is 202 g/mol. The zero-order chi connectivity index (χ0) is 11.2. The van der Waals surface area contributed by atoms with Crippen LogP contribution in [0.4, 0.5) is 4.79 Å². The summed E-state index contributed by atoms with van der Waals surface area (Å²) in [7, 11) is 0. The third-order valence-corrected chi connectivity index (χ3v) is 1.91. The molecular weight excluding hydrogens is 180 g/mol. The molecule has 0 aliphatic carbocycles. The lowest BCUT2D eigenvalue weighted by Crippen LogP contribution is -2.53. The van der Waals surface area contributed by atoms with Gasteiger partial charge >= 0.3 is 6.09 Å². The molecule has 0 radical (unpaired) electrons. The fourth-order valence-electron chi connectivity index (χ4n) is 1.16. The summed E-state index contributed by atoms with van der Waals surface area (Å²) in [5.74, 6) is 0. The first-order valence-corrected chi connectivity index (χ1v) is 5.16. The zero-order valence-corrected chi connectivity index (χ0v) is 9.63. The number of rotatable bonds is 5. The van der Waals surface area contributed by atoms with Gasteiger partial charge in [-0.05, 0) is 27.2 Å². The Morgan fingerprint density at radius 1 is 1.36 bits per heavy atom. The van der Waals surface area contributed by atoms with Crippen LogP contribution in [-0.2, 0) is 0 Å². The number of hydrogen-bond donors (Lipinski definition) is 2. The highest BCUT2D eigenvalue weighted by atomic mass is 16.4. The number of carbonyl (C=O) groups is 1. The minimum absolute atomic E-state index is 0.391. The normalized spacial score (nSPS) is 11.4. The van der Waals surface area contributed by atoms with Crippen LogP contribution < -0.4 is 5.43 Å². The van der Waals surface area contributed by atoms with E-state index in [0.29, 0.717) is 0 Å². The Morgan fingerprint density at radius 2 is 1.93 bits per heavy atom. The summed E-state index contributed by atoms with van der Waals surface area (Å²) in [5, 5.41) is 10.2. The molecule has 2 N–H and O–H groups in total. The van der Waals surface area contributed by atoms with Gasteiger partial charge in [-0.15, -0.1) is 0 Å². The van der Waals surface area contributed by atoms with E-state index in [1.54, 1.807) is 0 Å². The molecule has 14 heavy (non-hydrogen) atoms. The van der Waals surface area contributed by atoms with Crippen LogP contribution in [0, 0.1) is 0 Å². The molecule has 0 unspecified atom stereocenters. The summed E-state index contributed by atoms with van der Waals surface area (Å²) in [5.41, 5.74) is 2.54. The van der Waals surface area contributed by atoms with Crippen molar-refractivity contribution in [2.45, 2.75) is 52.5 Å². The molecule has 0 aromatic heterocycles. The summed E-state index contributed by atoms with van der Waals surface area (Å²) < 4.78 is 0. The number of hydrazine groups is 1. The van der Waals surface area contributed by atoms with Gasteiger partial charge in [0.2, 0.25) is 0 Å². The van der Waals surface area contributed by atoms with Gasteiger partial charge in [-0.1, -0.05) is 19.8 Å². The minimum Gasteiger partial charge on any atom is -0.464 e. The van der Waals surface area contributed by atoms with Crippen molar-refractivity contribution in [2.75, 3.05) is 6.54 Å². The third-order valence-electron chi connectivity index (χ3n) is 1.91. The SMILES string of the molecule is CCCCCNN(C(=O)O)C(C)(C)C. The van der Waals surface area contributed by atoms with E-state index in [0.717, 1.165) is 25.8 Å². The predicted molar refractivity (Wildman–Crippen MR) is 57.1 cm³/mol. The Hall–Kier alpha value is -0.770. The highest BCUT2D eigenvalue weighted by molar-refractivity contribution is 5.65. The average Bonchev–Trinajstić information content (AvgIpc) is 2.01. The molecule has 0 aliphatic heterocycles.